The molecular formula is C15H13FO2S. The van der Waals surface area contributed by atoms with Crippen LogP contribution in [0.2, 0.25) is 0 Å². The standard InChI is InChI=1S/C15H13FO2S/c1-9-6-7-10(2)13(8-9)19-14-11(15(17)18)4-3-5-12(14)16/h3-8H,1-2H3,(H,17,18). The van der Waals surface area contributed by atoms with Crippen LogP contribution in [0.1, 0.15) is 21.5 Å². The van der Waals surface area contributed by atoms with Crippen molar-refractivity contribution >= 4 is 17.7 Å². The first-order chi connectivity index (χ1) is 8.99. The zero-order valence-corrected chi connectivity index (χ0v) is 11.4. The van der Waals surface area contributed by atoms with Gasteiger partial charge in [0.05, 0.1) is 10.5 Å². The molecule has 0 aliphatic carbocycles. The van der Waals surface area contributed by atoms with Gasteiger partial charge in [0, 0.05) is 4.90 Å². The zero-order valence-electron chi connectivity index (χ0n) is 10.6. The average Bonchev–Trinajstić information content (AvgIpc) is 2.35. The number of aromatic carboxylic acids is 1. The lowest BCUT2D eigenvalue weighted by atomic mass is 10.2. The lowest BCUT2D eigenvalue weighted by Crippen LogP contribution is -2.00. The Hall–Kier alpha value is -1.81. The molecule has 2 aromatic carbocycles. The van der Waals surface area contributed by atoms with Gasteiger partial charge in [0.15, 0.2) is 0 Å². The third kappa shape index (κ3) is 2.96. The molecule has 2 nitrogen and oxygen atoms in total. The Balaban J connectivity index is 2.49. The van der Waals surface area contributed by atoms with Crippen molar-refractivity contribution in [3.05, 3.63) is 58.9 Å². The first kappa shape index (κ1) is 13.6. The van der Waals surface area contributed by atoms with E-state index >= 15 is 0 Å². The van der Waals surface area contributed by atoms with Crippen molar-refractivity contribution in [1.82, 2.24) is 0 Å². The second kappa shape index (κ2) is 5.45. The van der Waals surface area contributed by atoms with E-state index in [0.717, 1.165) is 27.8 Å². The van der Waals surface area contributed by atoms with Crippen LogP contribution >= 0.6 is 11.8 Å². The summed E-state index contributed by atoms with van der Waals surface area (Å²) in [7, 11) is 0. The molecule has 0 aliphatic rings. The van der Waals surface area contributed by atoms with E-state index in [4.69, 9.17) is 5.11 Å². The highest BCUT2D eigenvalue weighted by Crippen LogP contribution is 2.35. The number of hydrogen-bond donors (Lipinski definition) is 1. The van der Waals surface area contributed by atoms with Gasteiger partial charge in [0.2, 0.25) is 0 Å². The van der Waals surface area contributed by atoms with Crippen molar-refractivity contribution in [3.63, 3.8) is 0 Å². The zero-order chi connectivity index (χ0) is 14.0. The summed E-state index contributed by atoms with van der Waals surface area (Å²) in [6.07, 6.45) is 0. The second-order valence-corrected chi connectivity index (χ2v) is 5.34. The largest absolute Gasteiger partial charge is 0.478 e. The first-order valence-corrected chi connectivity index (χ1v) is 6.57. The summed E-state index contributed by atoms with van der Waals surface area (Å²) in [4.78, 5) is 12.2. The predicted octanol–water partition coefficient (Wildman–Crippen LogP) is 4.29. The molecule has 2 aromatic rings. The van der Waals surface area contributed by atoms with Crippen LogP contribution in [0.15, 0.2) is 46.2 Å². The van der Waals surface area contributed by atoms with Gasteiger partial charge in [-0.3, -0.25) is 0 Å². The van der Waals surface area contributed by atoms with Crippen molar-refractivity contribution in [2.24, 2.45) is 0 Å². The van der Waals surface area contributed by atoms with E-state index < -0.39 is 11.8 Å². The Morgan fingerprint density at radius 1 is 1.21 bits per heavy atom. The van der Waals surface area contributed by atoms with Gasteiger partial charge in [0.1, 0.15) is 5.82 Å². The van der Waals surface area contributed by atoms with Gasteiger partial charge in [-0.2, -0.15) is 0 Å². The minimum atomic E-state index is -1.12. The van der Waals surface area contributed by atoms with Crippen LogP contribution in [-0.4, -0.2) is 11.1 Å². The number of benzene rings is 2. The maximum absolute atomic E-state index is 13.8. The fourth-order valence-electron chi connectivity index (χ4n) is 1.71. The number of carbonyl (C=O) groups is 1. The van der Waals surface area contributed by atoms with E-state index in [-0.39, 0.29) is 10.5 Å². The van der Waals surface area contributed by atoms with Crippen LogP contribution in [0.25, 0.3) is 0 Å². The summed E-state index contributed by atoms with van der Waals surface area (Å²) in [6.45, 7) is 3.87. The lowest BCUT2D eigenvalue weighted by Gasteiger charge is -2.10. The van der Waals surface area contributed by atoms with Crippen molar-refractivity contribution in [1.29, 1.82) is 0 Å². The molecule has 0 spiro atoms. The van der Waals surface area contributed by atoms with Crippen LogP contribution < -0.4 is 0 Å². The van der Waals surface area contributed by atoms with Gasteiger partial charge in [-0.1, -0.05) is 30.0 Å². The molecule has 0 saturated heterocycles. The molecule has 19 heavy (non-hydrogen) atoms. The second-order valence-electron chi connectivity index (χ2n) is 4.29. The smallest absolute Gasteiger partial charge is 0.336 e. The third-order valence-corrected chi connectivity index (χ3v) is 4.03. The molecule has 0 saturated carbocycles. The molecule has 1 N–H and O–H groups in total. The van der Waals surface area contributed by atoms with E-state index in [0.29, 0.717) is 0 Å². The predicted molar refractivity (Wildman–Crippen MR) is 73.4 cm³/mol. The van der Waals surface area contributed by atoms with Gasteiger partial charge in [0.25, 0.3) is 0 Å². The Kier molecular flexibility index (Phi) is 3.90. The van der Waals surface area contributed by atoms with Crippen LogP contribution in [0.4, 0.5) is 4.39 Å². The first-order valence-electron chi connectivity index (χ1n) is 5.76. The summed E-state index contributed by atoms with van der Waals surface area (Å²) in [5.74, 6) is -1.63. The molecule has 0 heterocycles. The molecule has 0 fully saturated rings. The van der Waals surface area contributed by atoms with Gasteiger partial charge >= 0.3 is 5.97 Å². The highest BCUT2D eigenvalue weighted by atomic mass is 32.2. The molecule has 0 atom stereocenters. The molecular weight excluding hydrogens is 263 g/mol. The van der Waals surface area contributed by atoms with E-state index in [1.807, 2.05) is 32.0 Å². The normalized spacial score (nSPS) is 10.5. The number of halogens is 1. The van der Waals surface area contributed by atoms with Gasteiger partial charge < -0.3 is 5.11 Å². The van der Waals surface area contributed by atoms with Crippen molar-refractivity contribution in [3.8, 4) is 0 Å². The van der Waals surface area contributed by atoms with Crippen LogP contribution in [-0.2, 0) is 0 Å². The summed E-state index contributed by atoms with van der Waals surface area (Å²) in [5, 5.41) is 9.11. The monoisotopic (exact) mass is 276 g/mol. The molecule has 0 radical (unpaired) electrons. The molecule has 98 valence electrons. The van der Waals surface area contributed by atoms with E-state index in [1.165, 1.54) is 18.2 Å². The molecule has 0 amide bonds. The van der Waals surface area contributed by atoms with Crippen molar-refractivity contribution < 1.29 is 14.3 Å². The minimum Gasteiger partial charge on any atom is -0.478 e. The number of hydrogen-bond acceptors (Lipinski definition) is 2. The fraction of sp³-hybridized carbons (Fsp3) is 0.133. The van der Waals surface area contributed by atoms with E-state index in [2.05, 4.69) is 0 Å². The quantitative estimate of drug-likeness (QED) is 0.908. The highest BCUT2D eigenvalue weighted by Gasteiger charge is 2.16. The van der Waals surface area contributed by atoms with Crippen molar-refractivity contribution in [2.45, 2.75) is 23.6 Å². The minimum absolute atomic E-state index is 0.00842. The summed E-state index contributed by atoms with van der Waals surface area (Å²) in [5.41, 5.74) is 2.04. The number of rotatable bonds is 3. The number of carboxylic acids is 1. The van der Waals surface area contributed by atoms with Gasteiger partial charge in [-0.15, -0.1) is 0 Å². The molecule has 0 unspecified atom stereocenters. The van der Waals surface area contributed by atoms with Crippen LogP contribution in [0, 0.1) is 19.7 Å². The Morgan fingerprint density at radius 2 is 1.95 bits per heavy atom. The summed E-state index contributed by atoms with van der Waals surface area (Å²) in [6, 6.07) is 9.95. The third-order valence-electron chi connectivity index (χ3n) is 2.75. The summed E-state index contributed by atoms with van der Waals surface area (Å²) >= 11 is 1.15. The van der Waals surface area contributed by atoms with Crippen LogP contribution in [0.3, 0.4) is 0 Å². The van der Waals surface area contributed by atoms with E-state index in [1.54, 1.807) is 0 Å². The number of carboxylic acid groups (broad SMARTS) is 1. The average molecular weight is 276 g/mol. The maximum atomic E-state index is 13.8. The molecule has 0 aromatic heterocycles. The molecule has 4 heteroatoms. The van der Waals surface area contributed by atoms with E-state index in [9.17, 15) is 9.18 Å². The number of aryl methyl sites for hydroxylation is 2. The van der Waals surface area contributed by atoms with Crippen molar-refractivity contribution in [2.75, 3.05) is 0 Å². The Morgan fingerprint density at radius 3 is 2.63 bits per heavy atom. The fourth-order valence-corrected chi connectivity index (χ4v) is 2.83. The molecule has 0 bridgehead atoms. The van der Waals surface area contributed by atoms with Gasteiger partial charge in [-0.25, -0.2) is 9.18 Å². The summed E-state index contributed by atoms with van der Waals surface area (Å²) < 4.78 is 13.8. The topological polar surface area (TPSA) is 37.3 Å². The Bertz CT molecular complexity index is 638. The molecule has 0 aliphatic heterocycles. The van der Waals surface area contributed by atoms with Crippen LogP contribution in [0.5, 0.6) is 0 Å². The highest BCUT2D eigenvalue weighted by molar-refractivity contribution is 7.99. The Labute approximate surface area is 115 Å². The maximum Gasteiger partial charge on any atom is 0.336 e. The lowest BCUT2D eigenvalue weighted by molar-refractivity contribution is 0.0692. The molecule has 2 rings (SSSR count). The SMILES string of the molecule is Cc1ccc(C)c(Sc2c(F)cccc2C(=O)O)c1. The van der Waals surface area contributed by atoms with Gasteiger partial charge in [-0.05, 0) is 43.2 Å².